The van der Waals surface area contributed by atoms with E-state index in [1.54, 1.807) is 0 Å². The molecule has 0 aliphatic carbocycles. The van der Waals surface area contributed by atoms with Crippen molar-refractivity contribution in [3.8, 4) is 50.2 Å². The molecule has 0 amide bonds. The van der Waals surface area contributed by atoms with Gasteiger partial charge in [-0.25, -0.2) is 4.98 Å². The van der Waals surface area contributed by atoms with Crippen molar-refractivity contribution in [1.29, 1.82) is 0 Å². The van der Waals surface area contributed by atoms with Crippen LogP contribution in [-0.4, -0.2) is 9.55 Å². The molecule has 0 bridgehead atoms. The van der Waals surface area contributed by atoms with Crippen LogP contribution in [0.2, 0.25) is 0 Å². The van der Waals surface area contributed by atoms with Crippen molar-refractivity contribution in [2.45, 2.75) is 13.3 Å². The quantitative estimate of drug-likeness (QED) is 0.168. The molecule has 0 radical (unpaired) electrons. The predicted octanol–water partition coefficient (Wildman–Crippen LogP) is 12.6. The third kappa shape index (κ3) is 4.92. The van der Waals surface area contributed by atoms with Crippen LogP contribution in [0.5, 0.6) is 0 Å². The summed E-state index contributed by atoms with van der Waals surface area (Å²) in [5.74, 6) is 1.06. The van der Waals surface area contributed by atoms with Crippen LogP contribution >= 0.6 is 0 Å². The zero-order valence-corrected chi connectivity index (χ0v) is 27.3. The fourth-order valence-electron chi connectivity index (χ4n) is 7.56. The molecule has 2 heteroatoms. The Morgan fingerprint density at radius 2 is 0.898 bits per heavy atom. The van der Waals surface area contributed by atoms with E-state index in [-0.39, 0.29) is 0 Å². The predicted molar refractivity (Wildman–Crippen MR) is 207 cm³/mol. The molecule has 49 heavy (non-hydrogen) atoms. The summed E-state index contributed by atoms with van der Waals surface area (Å²) >= 11 is 0. The summed E-state index contributed by atoms with van der Waals surface area (Å²) in [6.45, 7) is 2.19. The van der Waals surface area contributed by atoms with E-state index in [0.29, 0.717) is 0 Å². The van der Waals surface area contributed by atoms with E-state index in [1.165, 1.54) is 66.1 Å². The first-order valence-corrected chi connectivity index (χ1v) is 17.0. The summed E-state index contributed by atoms with van der Waals surface area (Å²) < 4.78 is 2.36. The Kier molecular flexibility index (Phi) is 7.13. The van der Waals surface area contributed by atoms with Gasteiger partial charge >= 0.3 is 0 Å². The molecule has 0 aliphatic rings. The molecule has 8 aromatic carbocycles. The van der Waals surface area contributed by atoms with E-state index >= 15 is 0 Å². The van der Waals surface area contributed by atoms with Gasteiger partial charge in [0.05, 0.1) is 16.7 Å². The second-order valence-corrected chi connectivity index (χ2v) is 12.6. The summed E-state index contributed by atoms with van der Waals surface area (Å²) in [6.07, 6.45) is 0.838. The fraction of sp³-hybridized carbons (Fsp3) is 0.0426. The van der Waals surface area contributed by atoms with Crippen LogP contribution in [0.3, 0.4) is 0 Å². The number of benzene rings is 8. The SMILES string of the molecule is CCc1nc2ccccc2n1-c1ccccc1-c1c2ccccc2c(-c2cc(-c3ccccc3)cc(-c3ccccc3)c2)c2ccccc12. The number of aryl methyl sites for hydroxylation is 1. The van der Waals surface area contributed by atoms with Crippen molar-refractivity contribution >= 4 is 32.6 Å². The highest BCUT2D eigenvalue weighted by Gasteiger charge is 2.21. The molecule has 2 nitrogen and oxygen atoms in total. The molecule has 0 atom stereocenters. The summed E-state index contributed by atoms with van der Waals surface area (Å²) in [5.41, 5.74) is 13.0. The third-order valence-corrected chi connectivity index (χ3v) is 9.73. The minimum Gasteiger partial charge on any atom is -0.296 e. The minimum absolute atomic E-state index is 0.838. The highest BCUT2D eigenvalue weighted by atomic mass is 15.1. The van der Waals surface area contributed by atoms with Crippen molar-refractivity contribution in [1.82, 2.24) is 9.55 Å². The summed E-state index contributed by atoms with van der Waals surface area (Å²) in [5, 5.41) is 4.94. The van der Waals surface area contributed by atoms with Gasteiger partial charge < -0.3 is 0 Å². The number of nitrogens with zero attached hydrogens (tertiary/aromatic N) is 2. The number of imidazole rings is 1. The molecule has 0 aliphatic heterocycles. The van der Waals surface area contributed by atoms with Crippen molar-refractivity contribution in [2.75, 3.05) is 0 Å². The maximum absolute atomic E-state index is 5.05. The van der Waals surface area contributed by atoms with Crippen LogP contribution in [0.1, 0.15) is 12.7 Å². The molecule has 9 rings (SSSR count). The van der Waals surface area contributed by atoms with Gasteiger partial charge in [-0.05, 0) is 96.9 Å². The molecule has 0 saturated heterocycles. The van der Waals surface area contributed by atoms with Gasteiger partial charge in [-0.2, -0.15) is 0 Å². The van der Waals surface area contributed by atoms with Crippen molar-refractivity contribution in [2.24, 2.45) is 0 Å². The van der Waals surface area contributed by atoms with Crippen LogP contribution in [0.25, 0.3) is 82.8 Å². The number of hydrogen-bond acceptors (Lipinski definition) is 1. The van der Waals surface area contributed by atoms with Gasteiger partial charge in [0.2, 0.25) is 0 Å². The molecule has 1 heterocycles. The lowest BCUT2D eigenvalue weighted by Gasteiger charge is -2.21. The van der Waals surface area contributed by atoms with Crippen LogP contribution in [0.15, 0.2) is 176 Å². The summed E-state index contributed by atoms with van der Waals surface area (Å²) in [7, 11) is 0. The monoisotopic (exact) mass is 626 g/mol. The Balaban J connectivity index is 1.37. The largest absolute Gasteiger partial charge is 0.296 e. The third-order valence-electron chi connectivity index (χ3n) is 9.73. The van der Waals surface area contributed by atoms with Gasteiger partial charge in [0, 0.05) is 12.0 Å². The molecule has 0 spiro atoms. The van der Waals surface area contributed by atoms with Gasteiger partial charge in [0.15, 0.2) is 0 Å². The van der Waals surface area contributed by atoms with E-state index in [4.69, 9.17) is 4.98 Å². The van der Waals surface area contributed by atoms with E-state index in [2.05, 4.69) is 187 Å². The zero-order chi connectivity index (χ0) is 32.7. The normalized spacial score (nSPS) is 11.4. The average Bonchev–Trinajstić information content (AvgIpc) is 3.56. The van der Waals surface area contributed by atoms with E-state index in [0.717, 1.165) is 29.0 Å². The lowest BCUT2D eigenvalue weighted by molar-refractivity contribution is 0.909. The Morgan fingerprint density at radius 1 is 0.429 bits per heavy atom. The van der Waals surface area contributed by atoms with Gasteiger partial charge in [-0.3, -0.25) is 4.57 Å². The topological polar surface area (TPSA) is 17.8 Å². The highest BCUT2D eigenvalue weighted by Crippen LogP contribution is 2.46. The fourth-order valence-corrected chi connectivity index (χ4v) is 7.56. The summed E-state index contributed by atoms with van der Waals surface area (Å²) in [6, 6.07) is 63.7. The first-order chi connectivity index (χ1) is 24.3. The van der Waals surface area contributed by atoms with Crippen LogP contribution in [0, 0.1) is 0 Å². The standard InChI is InChI=1S/C47H34N2/c1-2-45-48-42-26-14-16-28-44(42)49(45)43-27-15-13-25-41(43)47-39-23-11-9-21-37(39)46(38-22-10-12-24-40(38)47)36-30-34(32-17-5-3-6-18-32)29-35(31-36)33-19-7-4-8-20-33/h3-31H,2H2,1H3. The second-order valence-electron chi connectivity index (χ2n) is 12.6. The van der Waals surface area contributed by atoms with Gasteiger partial charge in [-0.15, -0.1) is 0 Å². The summed E-state index contributed by atoms with van der Waals surface area (Å²) in [4.78, 5) is 5.05. The number of hydrogen-bond donors (Lipinski definition) is 0. The number of aromatic nitrogens is 2. The van der Waals surface area contributed by atoms with E-state index in [9.17, 15) is 0 Å². The van der Waals surface area contributed by atoms with Gasteiger partial charge in [-0.1, -0.05) is 146 Å². The zero-order valence-electron chi connectivity index (χ0n) is 27.3. The van der Waals surface area contributed by atoms with Crippen LogP contribution in [0.4, 0.5) is 0 Å². The lowest BCUT2D eigenvalue weighted by Crippen LogP contribution is -2.03. The van der Waals surface area contributed by atoms with E-state index < -0.39 is 0 Å². The lowest BCUT2D eigenvalue weighted by atomic mass is 9.84. The Labute approximate surface area is 286 Å². The van der Waals surface area contributed by atoms with Crippen molar-refractivity contribution < 1.29 is 0 Å². The molecule has 9 aromatic rings. The molecule has 0 N–H and O–H groups in total. The Bertz CT molecular complexity index is 2520. The molecular weight excluding hydrogens is 593 g/mol. The molecule has 1 aromatic heterocycles. The highest BCUT2D eigenvalue weighted by molar-refractivity contribution is 6.22. The molecule has 232 valence electrons. The van der Waals surface area contributed by atoms with Gasteiger partial charge in [0.25, 0.3) is 0 Å². The van der Waals surface area contributed by atoms with Crippen LogP contribution < -0.4 is 0 Å². The Hall–Kier alpha value is -6.25. The first kappa shape index (κ1) is 28.9. The van der Waals surface area contributed by atoms with E-state index in [1.807, 2.05) is 0 Å². The smallest absolute Gasteiger partial charge is 0.114 e. The molecule has 0 fully saturated rings. The van der Waals surface area contributed by atoms with Gasteiger partial charge in [0.1, 0.15) is 5.82 Å². The number of fused-ring (bicyclic) bond motifs is 3. The molecular formula is C47H34N2. The number of rotatable bonds is 6. The second kappa shape index (κ2) is 12.1. The van der Waals surface area contributed by atoms with Crippen molar-refractivity contribution in [3.05, 3.63) is 182 Å². The minimum atomic E-state index is 0.838. The van der Waals surface area contributed by atoms with Crippen LogP contribution in [-0.2, 0) is 6.42 Å². The number of para-hydroxylation sites is 3. The van der Waals surface area contributed by atoms with Crippen molar-refractivity contribution in [3.63, 3.8) is 0 Å². The Morgan fingerprint density at radius 3 is 1.49 bits per heavy atom. The molecule has 0 saturated carbocycles. The maximum atomic E-state index is 5.05. The molecule has 0 unspecified atom stereocenters. The first-order valence-electron chi connectivity index (χ1n) is 17.0. The maximum Gasteiger partial charge on any atom is 0.114 e. The average molecular weight is 627 g/mol.